The van der Waals surface area contributed by atoms with Crippen molar-refractivity contribution in [3.05, 3.63) is 55.1 Å². The molecule has 0 spiro atoms. The van der Waals surface area contributed by atoms with Gasteiger partial charge in [0.15, 0.2) is 5.82 Å². The molecular formula is C14H11N5O. The summed E-state index contributed by atoms with van der Waals surface area (Å²) in [5, 5.41) is 6.25. The van der Waals surface area contributed by atoms with Crippen LogP contribution in [0.3, 0.4) is 0 Å². The van der Waals surface area contributed by atoms with Crippen LogP contribution in [0.5, 0.6) is 0 Å². The zero-order chi connectivity index (χ0) is 13.8. The Morgan fingerprint density at radius 3 is 2.75 bits per heavy atom. The molecule has 2 heterocycles. The summed E-state index contributed by atoms with van der Waals surface area (Å²) in [7, 11) is 0. The number of carbonyl (C=O) groups excluding carboxylic acids is 1. The number of nitrogens with one attached hydrogen (secondary N) is 2. The number of pyridine rings is 1. The van der Waals surface area contributed by atoms with E-state index in [0.717, 1.165) is 10.9 Å². The van der Waals surface area contributed by atoms with E-state index in [1.807, 2.05) is 30.3 Å². The lowest BCUT2D eigenvalue weighted by atomic mass is 10.2. The van der Waals surface area contributed by atoms with E-state index in [0.29, 0.717) is 11.5 Å². The average Bonchev–Trinajstić information content (AvgIpc) is 2.48. The first kappa shape index (κ1) is 12.0. The third kappa shape index (κ3) is 2.69. The van der Waals surface area contributed by atoms with Crippen LogP contribution in [0.1, 0.15) is 0 Å². The van der Waals surface area contributed by atoms with Crippen molar-refractivity contribution in [3.63, 3.8) is 0 Å². The van der Waals surface area contributed by atoms with Crippen LogP contribution in [0, 0.1) is 0 Å². The Morgan fingerprint density at radius 2 is 1.90 bits per heavy atom. The summed E-state index contributed by atoms with van der Waals surface area (Å²) in [6, 6.07) is 9.17. The second-order valence-electron chi connectivity index (χ2n) is 4.09. The molecule has 3 aromatic rings. The summed E-state index contributed by atoms with van der Waals surface area (Å²) < 4.78 is 0. The van der Waals surface area contributed by atoms with Crippen LogP contribution in [0.25, 0.3) is 10.9 Å². The highest BCUT2D eigenvalue weighted by atomic mass is 16.2. The van der Waals surface area contributed by atoms with E-state index in [4.69, 9.17) is 0 Å². The molecule has 0 unspecified atom stereocenters. The maximum atomic E-state index is 11.8. The van der Waals surface area contributed by atoms with Crippen molar-refractivity contribution < 1.29 is 4.79 Å². The van der Waals surface area contributed by atoms with Crippen LogP contribution < -0.4 is 10.6 Å². The molecule has 20 heavy (non-hydrogen) atoms. The molecule has 0 aliphatic heterocycles. The topological polar surface area (TPSA) is 79.8 Å². The van der Waals surface area contributed by atoms with Crippen LogP contribution in [-0.2, 0) is 0 Å². The fraction of sp³-hybridized carbons (Fsp3) is 0. The maximum absolute atomic E-state index is 11.8. The van der Waals surface area contributed by atoms with Gasteiger partial charge in [-0.05, 0) is 12.1 Å². The van der Waals surface area contributed by atoms with E-state index in [1.54, 1.807) is 6.20 Å². The Morgan fingerprint density at radius 1 is 1.00 bits per heavy atom. The molecule has 0 atom stereocenters. The number of fused-ring (bicyclic) bond motifs is 1. The zero-order valence-corrected chi connectivity index (χ0v) is 10.4. The predicted molar refractivity (Wildman–Crippen MR) is 76.4 cm³/mol. The van der Waals surface area contributed by atoms with Crippen LogP contribution in [0.2, 0.25) is 0 Å². The Hall–Kier alpha value is -3.02. The van der Waals surface area contributed by atoms with Gasteiger partial charge in [-0.25, -0.2) is 9.78 Å². The number of para-hydroxylation sites is 1. The summed E-state index contributed by atoms with van der Waals surface area (Å²) >= 11 is 0. The molecule has 0 fully saturated rings. The van der Waals surface area contributed by atoms with Gasteiger partial charge < -0.3 is 5.32 Å². The Balaban J connectivity index is 1.74. The molecule has 0 radical (unpaired) electrons. The van der Waals surface area contributed by atoms with E-state index >= 15 is 0 Å². The normalized spacial score (nSPS) is 10.2. The lowest BCUT2D eigenvalue weighted by molar-refractivity contribution is 0.262. The number of urea groups is 1. The van der Waals surface area contributed by atoms with E-state index < -0.39 is 0 Å². The van der Waals surface area contributed by atoms with Crippen LogP contribution in [-0.4, -0.2) is 21.0 Å². The SMILES string of the molecule is O=C(Nc1cnc2ccccc2c1)Nc1cnccn1. The van der Waals surface area contributed by atoms with Crippen molar-refractivity contribution in [1.29, 1.82) is 0 Å². The molecular weight excluding hydrogens is 254 g/mol. The Bertz CT molecular complexity index is 745. The minimum absolute atomic E-state index is 0.386. The average molecular weight is 265 g/mol. The Kier molecular flexibility index (Phi) is 3.20. The minimum Gasteiger partial charge on any atom is -0.306 e. The van der Waals surface area contributed by atoms with Gasteiger partial charge in [0.1, 0.15) is 0 Å². The van der Waals surface area contributed by atoms with E-state index in [-0.39, 0.29) is 6.03 Å². The standard InChI is InChI=1S/C14H11N5O/c20-14(19-13-9-15-5-6-16-13)18-11-7-10-3-1-2-4-12(10)17-8-11/h1-9H,(H2,16,18,19,20). The molecule has 0 saturated carbocycles. The van der Waals surface area contributed by atoms with Crippen molar-refractivity contribution in [2.75, 3.05) is 10.6 Å². The minimum atomic E-state index is -0.386. The quantitative estimate of drug-likeness (QED) is 0.746. The first-order chi connectivity index (χ1) is 9.81. The highest BCUT2D eigenvalue weighted by Gasteiger charge is 2.04. The fourth-order valence-corrected chi connectivity index (χ4v) is 1.78. The van der Waals surface area contributed by atoms with Crippen molar-refractivity contribution in [1.82, 2.24) is 15.0 Å². The fourth-order valence-electron chi connectivity index (χ4n) is 1.78. The lowest BCUT2D eigenvalue weighted by Gasteiger charge is -2.07. The molecule has 0 saturated heterocycles. The predicted octanol–water partition coefficient (Wildman–Crippen LogP) is 2.67. The van der Waals surface area contributed by atoms with Crippen molar-refractivity contribution >= 4 is 28.4 Å². The molecule has 0 bridgehead atoms. The summed E-state index contributed by atoms with van der Waals surface area (Å²) in [5.74, 6) is 0.388. The lowest BCUT2D eigenvalue weighted by Crippen LogP contribution is -2.20. The zero-order valence-electron chi connectivity index (χ0n) is 10.4. The summed E-state index contributed by atoms with van der Waals surface area (Å²) in [4.78, 5) is 23.9. The van der Waals surface area contributed by atoms with Gasteiger partial charge in [0, 0.05) is 17.8 Å². The number of nitrogens with zero attached hydrogens (tertiary/aromatic N) is 3. The van der Waals surface area contributed by atoms with Gasteiger partial charge in [0.2, 0.25) is 0 Å². The third-order valence-electron chi connectivity index (χ3n) is 2.65. The number of hydrogen-bond acceptors (Lipinski definition) is 4. The second kappa shape index (κ2) is 5.31. The molecule has 6 nitrogen and oxygen atoms in total. The molecule has 1 aromatic carbocycles. The maximum Gasteiger partial charge on any atom is 0.324 e. The number of amides is 2. The van der Waals surface area contributed by atoms with Gasteiger partial charge in [-0.15, -0.1) is 0 Å². The summed E-state index contributed by atoms with van der Waals surface area (Å²) in [6.45, 7) is 0. The molecule has 2 aromatic heterocycles. The molecule has 0 aliphatic carbocycles. The van der Waals surface area contributed by atoms with Gasteiger partial charge in [-0.1, -0.05) is 18.2 Å². The highest BCUT2D eigenvalue weighted by molar-refractivity contribution is 6.00. The number of carbonyl (C=O) groups is 1. The highest BCUT2D eigenvalue weighted by Crippen LogP contribution is 2.16. The monoisotopic (exact) mass is 265 g/mol. The molecule has 2 amide bonds. The molecule has 98 valence electrons. The van der Waals surface area contributed by atoms with Gasteiger partial charge in [-0.2, -0.15) is 0 Å². The third-order valence-corrected chi connectivity index (χ3v) is 2.65. The van der Waals surface area contributed by atoms with Gasteiger partial charge >= 0.3 is 6.03 Å². The Labute approximate surface area is 114 Å². The first-order valence-electron chi connectivity index (χ1n) is 6.00. The van der Waals surface area contributed by atoms with E-state index in [2.05, 4.69) is 25.6 Å². The molecule has 2 N–H and O–H groups in total. The summed E-state index contributed by atoms with van der Waals surface area (Å²) in [6.07, 6.45) is 6.13. The van der Waals surface area contributed by atoms with Crippen LogP contribution in [0.4, 0.5) is 16.3 Å². The van der Waals surface area contributed by atoms with Crippen molar-refractivity contribution in [2.45, 2.75) is 0 Å². The number of anilines is 2. The van der Waals surface area contributed by atoms with Crippen LogP contribution in [0.15, 0.2) is 55.1 Å². The van der Waals surface area contributed by atoms with Gasteiger partial charge in [0.05, 0.1) is 23.6 Å². The van der Waals surface area contributed by atoms with Crippen LogP contribution >= 0.6 is 0 Å². The molecule has 3 rings (SSSR count). The number of aromatic nitrogens is 3. The number of hydrogen-bond donors (Lipinski definition) is 2. The largest absolute Gasteiger partial charge is 0.324 e. The van der Waals surface area contributed by atoms with E-state index in [9.17, 15) is 4.79 Å². The van der Waals surface area contributed by atoms with Gasteiger partial charge in [-0.3, -0.25) is 15.3 Å². The first-order valence-corrected chi connectivity index (χ1v) is 6.00. The smallest absolute Gasteiger partial charge is 0.306 e. The number of rotatable bonds is 2. The van der Waals surface area contributed by atoms with Gasteiger partial charge in [0.25, 0.3) is 0 Å². The number of benzene rings is 1. The molecule has 0 aliphatic rings. The second-order valence-corrected chi connectivity index (χ2v) is 4.09. The van der Waals surface area contributed by atoms with Crippen molar-refractivity contribution in [2.24, 2.45) is 0 Å². The van der Waals surface area contributed by atoms with E-state index in [1.165, 1.54) is 18.6 Å². The van der Waals surface area contributed by atoms with Crippen molar-refractivity contribution in [3.8, 4) is 0 Å². The molecule has 6 heteroatoms. The summed E-state index contributed by atoms with van der Waals surface area (Å²) in [5.41, 5.74) is 1.50.